The van der Waals surface area contributed by atoms with Gasteiger partial charge < -0.3 is 5.32 Å². The molecule has 1 unspecified atom stereocenters. The Hall–Kier alpha value is -2.66. The van der Waals surface area contributed by atoms with Crippen LogP contribution in [0.3, 0.4) is 0 Å². The molecule has 0 spiro atoms. The molecule has 0 aliphatic carbocycles. The van der Waals surface area contributed by atoms with Crippen molar-refractivity contribution >= 4 is 33.2 Å². The molecule has 3 aromatic rings. The summed E-state index contributed by atoms with van der Waals surface area (Å²) in [5, 5.41) is 3.36. The smallest absolute Gasteiger partial charge is 0.262 e. The van der Waals surface area contributed by atoms with E-state index in [-0.39, 0.29) is 11.6 Å². The van der Waals surface area contributed by atoms with Crippen LogP contribution in [-0.4, -0.2) is 5.91 Å². The number of fused-ring (bicyclic) bond motifs is 1. The Balaban J connectivity index is 1.89. The van der Waals surface area contributed by atoms with E-state index in [1.54, 1.807) is 30.3 Å². The lowest BCUT2D eigenvalue weighted by atomic mass is 10.0. The molecule has 1 heterocycles. The van der Waals surface area contributed by atoms with Crippen molar-refractivity contribution in [3.05, 3.63) is 94.2 Å². The number of para-hydroxylation sites is 2. The Kier molecular flexibility index (Phi) is 4.01. The number of hydrogen-bond donors (Lipinski definition) is 1. The van der Waals surface area contributed by atoms with Crippen LogP contribution in [0.5, 0.6) is 0 Å². The van der Waals surface area contributed by atoms with Gasteiger partial charge in [-0.2, -0.15) is 0 Å². The number of anilines is 2. The minimum absolute atomic E-state index is 0.229. The zero-order valence-electron chi connectivity index (χ0n) is 13.1. The highest BCUT2D eigenvalue weighted by atomic mass is 79.9. The number of nitrogens with one attached hydrogen (secondary N) is 1. The van der Waals surface area contributed by atoms with Gasteiger partial charge in [0.15, 0.2) is 0 Å². The third-order valence-electron chi connectivity index (χ3n) is 4.22. The second-order valence-corrected chi connectivity index (χ2v) is 6.69. The largest absolute Gasteiger partial charge is 0.360 e. The maximum absolute atomic E-state index is 14.4. The average molecular weight is 397 g/mol. The van der Waals surface area contributed by atoms with Crippen molar-refractivity contribution in [2.24, 2.45) is 0 Å². The predicted molar refractivity (Wildman–Crippen MR) is 100 cm³/mol. The van der Waals surface area contributed by atoms with Crippen molar-refractivity contribution in [1.82, 2.24) is 0 Å². The Morgan fingerprint density at radius 2 is 1.60 bits per heavy atom. The van der Waals surface area contributed by atoms with Crippen LogP contribution in [-0.2, 0) is 0 Å². The van der Waals surface area contributed by atoms with Gasteiger partial charge in [-0.15, -0.1) is 0 Å². The van der Waals surface area contributed by atoms with E-state index in [9.17, 15) is 9.18 Å². The minimum atomic E-state index is -0.493. The van der Waals surface area contributed by atoms with Gasteiger partial charge in [0.2, 0.25) is 0 Å². The SMILES string of the molecule is O=C1c2ccccc2NC(c2ccc(Br)cc2)N1c1ccccc1F. The zero-order chi connectivity index (χ0) is 17.4. The van der Waals surface area contributed by atoms with Crippen LogP contribution in [0.15, 0.2) is 77.3 Å². The number of benzene rings is 3. The second kappa shape index (κ2) is 6.33. The zero-order valence-corrected chi connectivity index (χ0v) is 14.7. The molecule has 0 saturated heterocycles. The first-order valence-electron chi connectivity index (χ1n) is 7.84. The van der Waals surface area contributed by atoms with E-state index in [1.807, 2.05) is 36.4 Å². The van der Waals surface area contributed by atoms with Crippen LogP contribution in [0.2, 0.25) is 0 Å². The lowest BCUT2D eigenvalue weighted by Gasteiger charge is -2.38. The Labute approximate surface area is 153 Å². The predicted octanol–water partition coefficient (Wildman–Crippen LogP) is 5.36. The van der Waals surface area contributed by atoms with E-state index in [2.05, 4.69) is 21.2 Å². The molecule has 0 saturated carbocycles. The van der Waals surface area contributed by atoms with Gasteiger partial charge in [0.25, 0.3) is 5.91 Å². The fourth-order valence-electron chi connectivity index (χ4n) is 3.03. The summed E-state index contributed by atoms with van der Waals surface area (Å²) in [6.07, 6.45) is -0.493. The molecule has 3 aromatic carbocycles. The quantitative estimate of drug-likeness (QED) is 0.632. The minimum Gasteiger partial charge on any atom is -0.360 e. The van der Waals surface area contributed by atoms with Crippen molar-refractivity contribution in [3.8, 4) is 0 Å². The molecule has 124 valence electrons. The molecule has 3 nitrogen and oxygen atoms in total. The van der Waals surface area contributed by atoms with Gasteiger partial charge in [-0.3, -0.25) is 9.69 Å². The summed E-state index contributed by atoms with van der Waals surface area (Å²) >= 11 is 3.42. The number of rotatable bonds is 2. The summed E-state index contributed by atoms with van der Waals surface area (Å²) in [7, 11) is 0. The van der Waals surface area contributed by atoms with Gasteiger partial charge in [0.05, 0.1) is 11.3 Å². The van der Waals surface area contributed by atoms with Crippen LogP contribution in [0.1, 0.15) is 22.1 Å². The molecule has 0 bridgehead atoms. The summed E-state index contributed by atoms with van der Waals surface area (Å²) in [6, 6.07) is 21.2. The first-order valence-corrected chi connectivity index (χ1v) is 8.63. The lowest BCUT2D eigenvalue weighted by Crippen LogP contribution is -2.43. The van der Waals surface area contributed by atoms with Gasteiger partial charge in [0, 0.05) is 10.2 Å². The van der Waals surface area contributed by atoms with Crippen molar-refractivity contribution in [2.45, 2.75) is 6.17 Å². The van der Waals surface area contributed by atoms with Gasteiger partial charge in [0.1, 0.15) is 12.0 Å². The van der Waals surface area contributed by atoms with Crippen molar-refractivity contribution in [3.63, 3.8) is 0 Å². The molecule has 0 radical (unpaired) electrons. The highest BCUT2D eigenvalue weighted by Gasteiger charge is 2.35. The van der Waals surface area contributed by atoms with Gasteiger partial charge in [-0.1, -0.05) is 52.3 Å². The number of nitrogens with zero attached hydrogens (tertiary/aromatic N) is 1. The Morgan fingerprint density at radius 3 is 2.36 bits per heavy atom. The van der Waals surface area contributed by atoms with Crippen LogP contribution in [0.4, 0.5) is 15.8 Å². The summed E-state index contributed by atoms with van der Waals surface area (Å²) in [4.78, 5) is 14.6. The number of hydrogen-bond acceptors (Lipinski definition) is 2. The molecule has 25 heavy (non-hydrogen) atoms. The van der Waals surface area contributed by atoms with E-state index in [0.717, 1.165) is 15.7 Å². The molecule has 1 aliphatic rings. The maximum atomic E-state index is 14.4. The summed E-state index contributed by atoms with van der Waals surface area (Å²) in [5.74, 6) is -0.661. The molecule has 1 aliphatic heterocycles. The molecule has 5 heteroatoms. The van der Waals surface area contributed by atoms with Crippen molar-refractivity contribution < 1.29 is 9.18 Å². The summed E-state index contributed by atoms with van der Waals surface area (Å²) in [5.41, 5.74) is 2.39. The third-order valence-corrected chi connectivity index (χ3v) is 4.75. The third kappa shape index (κ3) is 2.81. The topological polar surface area (TPSA) is 32.3 Å². The van der Waals surface area contributed by atoms with E-state index >= 15 is 0 Å². The Morgan fingerprint density at radius 1 is 0.920 bits per heavy atom. The van der Waals surface area contributed by atoms with E-state index in [1.165, 1.54) is 11.0 Å². The molecule has 1 amide bonds. The molecular weight excluding hydrogens is 383 g/mol. The first-order chi connectivity index (χ1) is 12.1. The van der Waals surface area contributed by atoms with Crippen LogP contribution in [0, 0.1) is 5.82 Å². The Bertz CT molecular complexity index is 942. The number of carbonyl (C=O) groups excluding carboxylic acids is 1. The van der Waals surface area contributed by atoms with Crippen molar-refractivity contribution in [2.75, 3.05) is 10.2 Å². The van der Waals surface area contributed by atoms with Gasteiger partial charge in [-0.05, 0) is 42.0 Å². The standard InChI is InChI=1S/C20H14BrFN2O/c21-14-11-9-13(10-12-14)19-23-17-7-3-1-5-15(17)20(25)24(19)18-8-4-2-6-16(18)22/h1-12,19,23H. The van der Waals surface area contributed by atoms with Crippen molar-refractivity contribution in [1.29, 1.82) is 0 Å². The molecule has 0 aromatic heterocycles. The molecule has 4 rings (SSSR count). The summed E-state index contributed by atoms with van der Waals surface area (Å²) in [6.45, 7) is 0. The number of halogens is 2. The van der Waals surface area contributed by atoms with Crippen LogP contribution >= 0.6 is 15.9 Å². The molecule has 1 atom stereocenters. The van der Waals surface area contributed by atoms with Gasteiger partial charge in [-0.25, -0.2) is 4.39 Å². The normalized spacial score (nSPS) is 16.3. The molecule has 0 fully saturated rings. The number of carbonyl (C=O) groups is 1. The monoisotopic (exact) mass is 396 g/mol. The first kappa shape index (κ1) is 15.8. The molecule has 1 N–H and O–H groups in total. The van der Waals surface area contributed by atoms with E-state index in [0.29, 0.717) is 5.56 Å². The average Bonchev–Trinajstić information content (AvgIpc) is 2.63. The molecular formula is C20H14BrFN2O. The lowest BCUT2D eigenvalue weighted by molar-refractivity contribution is 0.0974. The highest BCUT2D eigenvalue weighted by molar-refractivity contribution is 9.10. The summed E-state index contributed by atoms with van der Waals surface area (Å²) < 4.78 is 15.4. The highest BCUT2D eigenvalue weighted by Crippen LogP contribution is 2.37. The van der Waals surface area contributed by atoms with E-state index in [4.69, 9.17) is 0 Å². The van der Waals surface area contributed by atoms with E-state index < -0.39 is 12.0 Å². The fourth-order valence-corrected chi connectivity index (χ4v) is 3.29. The van der Waals surface area contributed by atoms with Crippen LogP contribution in [0.25, 0.3) is 0 Å². The van der Waals surface area contributed by atoms with Crippen LogP contribution < -0.4 is 10.2 Å². The number of amides is 1. The maximum Gasteiger partial charge on any atom is 0.262 e. The second-order valence-electron chi connectivity index (χ2n) is 5.77. The van der Waals surface area contributed by atoms with Gasteiger partial charge >= 0.3 is 0 Å². The fraction of sp³-hybridized carbons (Fsp3) is 0.0500.